The summed E-state index contributed by atoms with van der Waals surface area (Å²) in [5.74, 6) is 0. The van der Waals surface area contributed by atoms with Crippen LogP contribution in [0.3, 0.4) is 0 Å². The standard InChI is InChI=1S/C7H7FI2N/c8-11-6(4-9)2-1-3-7(11)5-10/h1-3H,4-5H2/q+1. The smallest absolute Gasteiger partial charge is 0.0743 e. The molecule has 0 N–H and O–H groups in total. The summed E-state index contributed by atoms with van der Waals surface area (Å²) in [6, 6.07) is 5.47. The summed E-state index contributed by atoms with van der Waals surface area (Å²) in [5.41, 5.74) is 1.44. The Hall–Kier alpha value is 0.540. The van der Waals surface area contributed by atoms with Gasteiger partial charge >= 0.3 is 0 Å². The maximum atomic E-state index is 13.2. The first-order valence-corrected chi connectivity index (χ1v) is 6.15. The van der Waals surface area contributed by atoms with Crippen molar-refractivity contribution in [1.29, 1.82) is 0 Å². The van der Waals surface area contributed by atoms with Crippen LogP contribution in [-0.4, -0.2) is 0 Å². The van der Waals surface area contributed by atoms with Gasteiger partial charge in [-0.2, -0.15) is 0 Å². The molecule has 1 nitrogen and oxygen atoms in total. The monoisotopic (exact) mass is 378 g/mol. The lowest BCUT2D eigenvalue weighted by Gasteiger charge is -1.92. The number of halogens is 3. The molecule has 0 atom stereocenters. The van der Waals surface area contributed by atoms with Gasteiger partial charge < -0.3 is 0 Å². The first-order chi connectivity index (χ1) is 5.29. The molecular weight excluding hydrogens is 371 g/mol. The molecule has 0 amide bonds. The number of hydrogen-bond donors (Lipinski definition) is 0. The molecule has 1 heterocycles. The first kappa shape index (κ1) is 9.63. The Balaban J connectivity index is 3.10. The SMILES string of the molecule is F[n+]1c(CI)cccc1CI. The molecule has 0 aromatic carbocycles. The van der Waals surface area contributed by atoms with Crippen molar-refractivity contribution in [2.75, 3.05) is 0 Å². The van der Waals surface area contributed by atoms with Crippen LogP contribution in [0.4, 0.5) is 4.48 Å². The zero-order valence-corrected chi connectivity index (χ0v) is 10.0. The Morgan fingerprint density at radius 3 is 2.00 bits per heavy atom. The zero-order valence-electron chi connectivity index (χ0n) is 5.73. The van der Waals surface area contributed by atoms with Gasteiger partial charge in [0.2, 0.25) is 11.4 Å². The Kier molecular flexibility index (Phi) is 3.97. The molecule has 0 saturated heterocycles. The van der Waals surface area contributed by atoms with Crippen molar-refractivity contribution in [3.8, 4) is 0 Å². The van der Waals surface area contributed by atoms with Crippen molar-refractivity contribution in [3.05, 3.63) is 29.6 Å². The highest BCUT2D eigenvalue weighted by Gasteiger charge is 2.14. The summed E-state index contributed by atoms with van der Waals surface area (Å²) in [6.45, 7) is 0. The third kappa shape index (κ3) is 2.24. The Bertz CT molecular complexity index is 230. The van der Waals surface area contributed by atoms with Gasteiger partial charge in [-0.25, -0.2) is 0 Å². The second-order valence-corrected chi connectivity index (χ2v) is 3.58. The minimum atomic E-state index is 0.707. The molecule has 0 spiro atoms. The van der Waals surface area contributed by atoms with Gasteiger partial charge in [-0.1, -0.05) is 45.2 Å². The van der Waals surface area contributed by atoms with Crippen LogP contribution in [0.5, 0.6) is 0 Å². The zero-order chi connectivity index (χ0) is 8.27. The van der Waals surface area contributed by atoms with E-state index in [1.54, 1.807) is 12.1 Å². The van der Waals surface area contributed by atoms with Gasteiger partial charge in [-0.3, -0.25) is 0 Å². The maximum absolute atomic E-state index is 13.2. The normalized spacial score (nSPS) is 10.1. The van der Waals surface area contributed by atoms with E-state index in [-0.39, 0.29) is 0 Å². The van der Waals surface area contributed by atoms with E-state index in [1.165, 1.54) is 0 Å². The minimum absolute atomic E-state index is 0.707. The molecule has 0 radical (unpaired) electrons. The lowest BCUT2D eigenvalue weighted by molar-refractivity contribution is -0.853. The third-order valence-corrected chi connectivity index (χ3v) is 2.92. The number of hydrogen-bond acceptors (Lipinski definition) is 0. The molecule has 1 aromatic rings. The van der Waals surface area contributed by atoms with Crippen molar-refractivity contribution in [2.24, 2.45) is 0 Å². The van der Waals surface area contributed by atoms with E-state index in [2.05, 4.69) is 45.2 Å². The molecule has 0 saturated carbocycles. The Morgan fingerprint density at radius 2 is 1.64 bits per heavy atom. The average Bonchev–Trinajstić information content (AvgIpc) is 2.05. The largest absolute Gasteiger partial charge is 0.240 e. The van der Waals surface area contributed by atoms with Crippen LogP contribution in [0.1, 0.15) is 11.4 Å². The molecule has 11 heavy (non-hydrogen) atoms. The molecule has 0 aliphatic heterocycles. The summed E-state index contributed by atoms with van der Waals surface area (Å²) in [4.78, 5) is 0.763. The van der Waals surface area contributed by atoms with Gasteiger partial charge in [0.25, 0.3) is 0 Å². The van der Waals surface area contributed by atoms with E-state index < -0.39 is 0 Å². The van der Waals surface area contributed by atoms with Crippen LogP contribution in [-0.2, 0) is 8.86 Å². The highest BCUT2D eigenvalue weighted by Crippen LogP contribution is 2.05. The quantitative estimate of drug-likeness (QED) is 0.551. The number of nitrogens with zero attached hydrogens (tertiary/aromatic N) is 1. The van der Waals surface area contributed by atoms with E-state index >= 15 is 0 Å². The molecule has 0 aliphatic carbocycles. The van der Waals surface area contributed by atoms with E-state index in [1.807, 2.05) is 6.07 Å². The van der Waals surface area contributed by atoms with Crippen LogP contribution < -0.4 is 4.79 Å². The summed E-state index contributed by atoms with van der Waals surface area (Å²) in [6.07, 6.45) is 0. The van der Waals surface area contributed by atoms with Crippen molar-refractivity contribution < 1.29 is 9.27 Å². The van der Waals surface area contributed by atoms with E-state index in [0.29, 0.717) is 8.86 Å². The topological polar surface area (TPSA) is 3.88 Å². The van der Waals surface area contributed by atoms with Gasteiger partial charge in [-0.15, -0.1) is 0 Å². The molecule has 0 aliphatic rings. The maximum Gasteiger partial charge on any atom is 0.240 e. The molecule has 0 bridgehead atoms. The van der Waals surface area contributed by atoms with Gasteiger partial charge in [-0.05, 0) is 6.07 Å². The van der Waals surface area contributed by atoms with Crippen molar-refractivity contribution in [2.45, 2.75) is 8.86 Å². The van der Waals surface area contributed by atoms with Gasteiger partial charge in [0.05, 0.1) is 13.3 Å². The molecule has 1 aromatic heterocycles. The Morgan fingerprint density at radius 1 is 1.18 bits per heavy atom. The lowest BCUT2D eigenvalue weighted by atomic mass is 10.3. The Labute approximate surface area is 92.2 Å². The minimum Gasteiger partial charge on any atom is -0.0743 e. The van der Waals surface area contributed by atoms with Crippen LogP contribution in [0, 0.1) is 0 Å². The second kappa shape index (κ2) is 4.54. The van der Waals surface area contributed by atoms with Crippen LogP contribution in [0.25, 0.3) is 0 Å². The van der Waals surface area contributed by atoms with E-state index in [9.17, 15) is 4.48 Å². The van der Waals surface area contributed by atoms with Crippen molar-refractivity contribution in [3.63, 3.8) is 0 Å². The summed E-state index contributed by atoms with van der Waals surface area (Å²) >= 11 is 4.30. The van der Waals surface area contributed by atoms with E-state index in [0.717, 1.165) is 16.2 Å². The molecule has 0 unspecified atom stereocenters. The highest BCUT2D eigenvalue weighted by molar-refractivity contribution is 14.1. The van der Waals surface area contributed by atoms with Crippen molar-refractivity contribution >= 4 is 45.2 Å². The predicted molar refractivity (Wildman–Crippen MR) is 58.6 cm³/mol. The van der Waals surface area contributed by atoms with Crippen LogP contribution in [0.2, 0.25) is 0 Å². The van der Waals surface area contributed by atoms with Gasteiger partial charge in [0.15, 0.2) is 0 Å². The number of pyridine rings is 1. The number of alkyl halides is 2. The summed E-state index contributed by atoms with van der Waals surface area (Å²) in [5, 5.41) is 0. The average molecular weight is 378 g/mol. The summed E-state index contributed by atoms with van der Waals surface area (Å²) in [7, 11) is 0. The predicted octanol–water partition coefficient (Wildman–Crippen LogP) is 2.58. The number of rotatable bonds is 2. The third-order valence-electron chi connectivity index (χ3n) is 1.36. The van der Waals surface area contributed by atoms with Crippen molar-refractivity contribution in [1.82, 2.24) is 0 Å². The fraction of sp³-hybridized carbons (Fsp3) is 0.286. The molecule has 1 rings (SSSR count). The lowest BCUT2D eigenvalue weighted by Crippen LogP contribution is -2.32. The van der Waals surface area contributed by atoms with Gasteiger partial charge in [0, 0.05) is 16.9 Å². The van der Waals surface area contributed by atoms with Gasteiger partial charge in [0.1, 0.15) is 0 Å². The van der Waals surface area contributed by atoms with Crippen LogP contribution >= 0.6 is 45.2 Å². The molecule has 4 heteroatoms. The van der Waals surface area contributed by atoms with E-state index in [4.69, 9.17) is 0 Å². The molecule has 60 valence electrons. The summed E-state index contributed by atoms with van der Waals surface area (Å²) < 4.78 is 14.6. The second-order valence-electron chi connectivity index (χ2n) is 2.06. The fourth-order valence-corrected chi connectivity index (χ4v) is 1.89. The fourth-order valence-electron chi connectivity index (χ4n) is 0.780. The number of aromatic nitrogens is 1. The highest BCUT2D eigenvalue weighted by atomic mass is 127. The first-order valence-electron chi connectivity index (χ1n) is 3.10. The molecule has 0 fully saturated rings. The van der Waals surface area contributed by atoms with Crippen LogP contribution in [0.15, 0.2) is 18.2 Å². The molecular formula is C7H7FI2N+.